The number of hydrogen-bond donors (Lipinski definition) is 0. The molecule has 0 nitrogen and oxygen atoms in total. The van der Waals surface area contributed by atoms with E-state index in [-0.39, 0.29) is 0 Å². The Kier molecular flexibility index (Phi) is 3.13. The molecule has 0 aromatic heterocycles. The van der Waals surface area contributed by atoms with Gasteiger partial charge >= 0.3 is 0 Å². The minimum Gasteiger partial charge on any atom is -0.0622 e. The smallest absolute Gasteiger partial charge is 0.00621 e. The Morgan fingerprint density at radius 3 is 1.85 bits per heavy atom. The molecule has 0 heterocycles. The predicted octanol–water partition coefficient (Wildman–Crippen LogP) is 3.82. The summed E-state index contributed by atoms with van der Waals surface area (Å²) in [5.74, 6) is 0.625. The summed E-state index contributed by atoms with van der Waals surface area (Å²) in [6.45, 7) is 11.0. The molecule has 1 radical (unpaired) electrons. The Bertz CT molecular complexity index is 272. The Hall–Kier alpha value is -0.780. The Balaban J connectivity index is 3.06. The lowest BCUT2D eigenvalue weighted by atomic mass is 9.93. The van der Waals surface area contributed by atoms with E-state index in [2.05, 4.69) is 53.2 Å². The summed E-state index contributed by atoms with van der Waals surface area (Å²) in [5.41, 5.74) is 5.56. The summed E-state index contributed by atoms with van der Waals surface area (Å²) < 4.78 is 0. The van der Waals surface area contributed by atoms with Crippen molar-refractivity contribution in [3.63, 3.8) is 0 Å². The molecule has 71 valence electrons. The van der Waals surface area contributed by atoms with Crippen LogP contribution >= 0.6 is 0 Å². The largest absolute Gasteiger partial charge is 0.0622 e. The molecule has 0 spiro atoms. The molecule has 1 aromatic rings. The van der Waals surface area contributed by atoms with Crippen LogP contribution in [-0.2, 0) is 0 Å². The quantitative estimate of drug-likeness (QED) is 0.641. The van der Waals surface area contributed by atoms with Crippen molar-refractivity contribution in [2.24, 2.45) is 5.92 Å². The van der Waals surface area contributed by atoms with Crippen LogP contribution in [0.15, 0.2) is 12.1 Å². The first kappa shape index (κ1) is 10.3. The van der Waals surface area contributed by atoms with Gasteiger partial charge in [-0.1, -0.05) is 31.5 Å². The summed E-state index contributed by atoms with van der Waals surface area (Å²) in [4.78, 5) is 0. The van der Waals surface area contributed by atoms with E-state index >= 15 is 0 Å². The normalized spacial score (nSPS) is 10.9. The molecule has 13 heavy (non-hydrogen) atoms. The van der Waals surface area contributed by atoms with Crippen LogP contribution in [0, 0.1) is 33.1 Å². The number of hydrogen-bond acceptors (Lipinski definition) is 0. The maximum absolute atomic E-state index is 2.34. The zero-order valence-electron chi connectivity index (χ0n) is 9.31. The van der Waals surface area contributed by atoms with E-state index in [1.807, 2.05) is 0 Å². The first-order valence-electron chi connectivity index (χ1n) is 4.93. The van der Waals surface area contributed by atoms with Gasteiger partial charge in [0.05, 0.1) is 0 Å². The van der Waals surface area contributed by atoms with Crippen molar-refractivity contribution in [2.45, 2.75) is 34.6 Å². The van der Waals surface area contributed by atoms with E-state index in [9.17, 15) is 0 Å². The molecule has 0 aliphatic heterocycles. The summed E-state index contributed by atoms with van der Waals surface area (Å²) in [5, 5.41) is 0. The van der Waals surface area contributed by atoms with E-state index in [1.54, 1.807) is 0 Å². The van der Waals surface area contributed by atoms with Crippen molar-refractivity contribution in [1.82, 2.24) is 0 Å². The van der Waals surface area contributed by atoms with Crippen LogP contribution in [0.3, 0.4) is 0 Å². The molecule has 0 aliphatic rings. The van der Waals surface area contributed by atoms with Gasteiger partial charge in [-0.2, -0.15) is 0 Å². The van der Waals surface area contributed by atoms with E-state index in [0.29, 0.717) is 5.92 Å². The third-order valence-corrected chi connectivity index (χ3v) is 2.24. The van der Waals surface area contributed by atoms with Gasteiger partial charge in [0.25, 0.3) is 0 Å². The molecular weight excluding hydrogens is 156 g/mol. The van der Waals surface area contributed by atoms with E-state index in [1.165, 1.54) is 22.3 Å². The molecule has 0 amide bonds. The second kappa shape index (κ2) is 3.95. The molecule has 0 N–H and O–H groups in total. The van der Waals surface area contributed by atoms with Crippen LogP contribution in [0.2, 0.25) is 0 Å². The van der Waals surface area contributed by atoms with Crippen LogP contribution in [0.25, 0.3) is 0 Å². The average molecular weight is 175 g/mol. The lowest BCUT2D eigenvalue weighted by Crippen LogP contribution is -1.97. The van der Waals surface area contributed by atoms with E-state index < -0.39 is 0 Å². The van der Waals surface area contributed by atoms with Crippen molar-refractivity contribution in [1.29, 1.82) is 0 Å². The molecule has 0 bridgehead atoms. The summed E-state index contributed by atoms with van der Waals surface area (Å²) in [6, 6.07) is 4.50. The van der Waals surface area contributed by atoms with Crippen molar-refractivity contribution in [3.05, 3.63) is 40.8 Å². The molecule has 1 rings (SSSR count). The van der Waals surface area contributed by atoms with Crippen molar-refractivity contribution < 1.29 is 0 Å². The number of benzene rings is 1. The van der Waals surface area contributed by atoms with Crippen molar-refractivity contribution in [2.75, 3.05) is 0 Å². The molecule has 1 aromatic carbocycles. The lowest BCUT2D eigenvalue weighted by molar-refractivity contribution is 0.772. The molecule has 0 heteroatoms. The maximum Gasteiger partial charge on any atom is -0.00621 e. The number of aryl methyl sites for hydroxylation is 3. The summed E-state index contributed by atoms with van der Waals surface area (Å²) in [7, 11) is 0. The van der Waals surface area contributed by atoms with Gasteiger partial charge in [0.1, 0.15) is 0 Å². The second-order valence-corrected chi connectivity index (χ2v) is 4.22. The molecular formula is C13H19. The molecule has 0 fully saturated rings. The molecule has 0 unspecified atom stereocenters. The highest BCUT2D eigenvalue weighted by Gasteiger charge is 2.05. The highest BCUT2D eigenvalue weighted by atomic mass is 14.1. The van der Waals surface area contributed by atoms with Crippen LogP contribution in [0.5, 0.6) is 0 Å². The third kappa shape index (κ3) is 2.58. The Labute approximate surface area is 82.0 Å². The molecule has 0 aliphatic carbocycles. The van der Waals surface area contributed by atoms with Crippen LogP contribution in [0.1, 0.15) is 36.1 Å². The SMILES string of the molecule is Cc1cc(C)c([CH]C(C)C)c(C)c1. The van der Waals surface area contributed by atoms with E-state index in [4.69, 9.17) is 0 Å². The molecule has 0 atom stereocenters. The van der Waals surface area contributed by atoms with Crippen molar-refractivity contribution in [3.8, 4) is 0 Å². The van der Waals surface area contributed by atoms with Crippen LogP contribution < -0.4 is 0 Å². The van der Waals surface area contributed by atoms with Gasteiger partial charge in [-0.05, 0) is 49.8 Å². The first-order valence-corrected chi connectivity index (χ1v) is 4.93. The lowest BCUT2D eigenvalue weighted by Gasteiger charge is -2.12. The van der Waals surface area contributed by atoms with Gasteiger partial charge in [-0.15, -0.1) is 0 Å². The molecule has 0 saturated carbocycles. The van der Waals surface area contributed by atoms with Gasteiger partial charge in [0.2, 0.25) is 0 Å². The Morgan fingerprint density at radius 2 is 1.46 bits per heavy atom. The zero-order chi connectivity index (χ0) is 10.0. The Morgan fingerprint density at radius 1 is 1.00 bits per heavy atom. The van der Waals surface area contributed by atoms with Crippen LogP contribution in [0.4, 0.5) is 0 Å². The minimum absolute atomic E-state index is 0.625. The summed E-state index contributed by atoms with van der Waals surface area (Å²) >= 11 is 0. The van der Waals surface area contributed by atoms with Gasteiger partial charge in [-0.3, -0.25) is 0 Å². The van der Waals surface area contributed by atoms with Gasteiger partial charge in [0, 0.05) is 0 Å². The number of rotatable bonds is 2. The fourth-order valence-corrected chi connectivity index (χ4v) is 1.79. The first-order chi connectivity index (χ1) is 6.00. The zero-order valence-corrected chi connectivity index (χ0v) is 9.31. The summed E-state index contributed by atoms with van der Waals surface area (Å²) in [6.07, 6.45) is 2.34. The average Bonchev–Trinajstić information content (AvgIpc) is 1.96. The predicted molar refractivity (Wildman–Crippen MR) is 58.9 cm³/mol. The van der Waals surface area contributed by atoms with E-state index in [0.717, 1.165) is 0 Å². The van der Waals surface area contributed by atoms with Crippen molar-refractivity contribution >= 4 is 0 Å². The fraction of sp³-hybridized carbons (Fsp3) is 0.462. The highest BCUT2D eigenvalue weighted by Crippen LogP contribution is 2.21. The standard InChI is InChI=1S/C13H19/c1-9(2)6-13-11(4)7-10(3)8-12(13)5/h6-9H,1-5H3. The molecule has 0 saturated heterocycles. The fourth-order valence-electron chi connectivity index (χ4n) is 1.79. The monoisotopic (exact) mass is 175 g/mol. The van der Waals surface area contributed by atoms with Gasteiger partial charge in [-0.25, -0.2) is 0 Å². The second-order valence-electron chi connectivity index (χ2n) is 4.22. The third-order valence-electron chi connectivity index (χ3n) is 2.24. The maximum atomic E-state index is 2.34. The highest BCUT2D eigenvalue weighted by molar-refractivity contribution is 5.42. The van der Waals surface area contributed by atoms with Gasteiger partial charge < -0.3 is 0 Å². The van der Waals surface area contributed by atoms with Crippen LogP contribution in [-0.4, -0.2) is 0 Å². The van der Waals surface area contributed by atoms with Gasteiger partial charge in [0.15, 0.2) is 0 Å². The minimum atomic E-state index is 0.625. The topological polar surface area (TPSA) is 0 Å².